The zero-order chi connectivity index (χ0) is 18.8. The minimum Gasteiger partial charge on any atom is -0.480 e. The number of carboxylic acid groups (broad SMARTS) is 1. The van der Waals surface area contributed by atoms with Gasteiger partial charge in [0.25, 0.3) is 0 Å². The third kappa shape index (κ3) is 3.47. The van der Waals surface area contributed by atoms with E-state index in [0.29, 0.717) is 5.75 Å². The molecule has 4 rings (SSSR count). The molecule has 0 aliphatic carbocycles. The van der Waals surface area contributed by atoms with Crippen LogP contribution < -0.4 is 21.1 Å². The molecule has 136 valence electrons. The van der Waals surface area contributed by atoms with E-state index in [9.17, 15) is 4.79 Å². The van der Waals surface area contributed by atoms with Gasteiger partial charge < -0.3 is 9.84 Å². The highest BCUT2D eigenvalue weighted by atomic mass is 16.5. The Morgan fingerprint density at radius 2 is 2.07 bits per heavy atom. The highest BCUT2D eigenvalue weighted by molar-refractivity contribution is 5.84. The summed E-state index contributed by atoms with van der Waals surface area (Å²) in [5.74, 6) is 5.82. The first-order valence-electron chi connectivity index (χ1n) is 8.30. The molecule has 1 aliphatic rings. The molecule has 0 spiro atoms. The fourth-order valence-electron chi connectivity index (χ4n) is 2.91. The van der Waals surface area contributed by atoms with Gasteiger partial charge in [0.05, 0.1) is 17.3 Å². The number of aliphatic carboxylic acids is 1. The molecule has 8 nitrogen and oxygen atoms in total. The molecule has 2 atom stereocenters. The normalized spacial score (nSPS) is 18.9. The van der Waals surface area contributed by atoms with Crippen LogP contribution in [0.3, 0.4) is 0 Å². The van der Waals surface area contributed by atoms with Gasteiger partial charge in [-0.25, -0.2) is 10.9 Å². The number of benzene rings is 2. The number of nitrogens with one attached hydrogen (secondary N) is 3. The molecule has 2 unspecified atom stereocenters. The molecule has 0 saturated carbocycles. The summed E-state index contributed by atoms with van der Waals surface area (Å²) in [6, 6.07) is 12.2. The van der Waals surface area contributed by atoms with E-state index in [1.807, 2.05) is 43.6 Å². The van der Waals surface area contributed by atoms with E-state index in [0.717, 1.165) is 22.0 Å². The predicted molar refractivity (Wildman–Crippen MR) is 98.4 cm³/mol. The van der Waals surface area contributed by atoms with Crippen LogP contribution >= 0.6 is 0 Å². The van der Waals surface area contributed by atoms with Crippen LogP contribution in [0, 0.1) is 11.8 Å². The third-order valence-electron chi connectivity index (χ3n) is 4.21. The SMILES string of the molecule is Cn1ncc2cccc(C#Cc3cccc(OC4NNNC4C(=O)O)c3)c21. The number of carboxylic acids is 1. The van der Waals surface area contributed by atoms with Crippen molar-refractivity contribution >= 4 is 16.9 Å². The van der Waals surface area contributed by atoms with Crippen LogP contribution in [0.1, 0.15) is 11.1 Å². The maximum absolute atomic E-state index is 11.2. The van der Waals surface area contributed by atoms with Crippen molar-refractivity contribution in [3.05, 3.63) is 59.8 Å². The van der Waals surface area contributed by atoms with Crippen LogP contribution in [0.2, 0.25) is 0 Å². The quantitative estimate of drug-likeness (QED) is 0.510. The number of fused-ring (bicyclic) bond motifs is 1. The van der Waals surface area contributed by atoms with Crippen molar-refractivity contribution in [3.63, 3.8) is 0 Å². The van der Waals surface area contributed by atoms with Crippen LogP contribution in [0.15, 0.2) is 48.7 Å². The molecule has 0 amide bonds. The van der Waals surface area contributed by atoms with Gasteiger partial charge >= 0.3 is 5.97 Å². The van der Waals surface area contributed by atoms with E-state index >= 15 is 0 Å². The van der Waals surface area contributed by atoms with E-state index in [1.54, 1.807) is 16.8 Å². The summed E-state index contributed by atoms with van der Waals surface area (Å²) in [4.78, 5) is 11.2. The fraction of sp³-hybridized carbons (Fsp3) is 0.158. The van der Waals surface area contributed by atoms with Gasteiger partial charge in [0.2, 0.25) is 0 Å². The lowest BCUT2D eigenvalue weighted by Crippen LogP contribution is -2.44. The number of hydrazine groups is 2. The molecule has 2 aromatic carbocycles. The average molecular weight is 363 g/mol. The molecule has 1 saturated heterocycles. The Labute approximate surface area is 155 Å². The Kier molecular flexibility index (Phi) is 4.48. The first-order chi connectivity index (χ1) is 13.1. The Morgan fingerprint density at radius 3 is 2.93 bits per heavy atom. The van der Waals surface area contributed by atoms with E-state index in [4.69, 9.17) is 9.84 Å². The highest BCUT2D eigenvalue weighted by Crippen LogP contribution is 2.18. The van der Waals surface area contributed by atoms with Gasteiger partial charge in [-0.05, 0) is 24.3 Å². The van der Waals surface area contributed by atoms with Gasteiger partial charge in [0.1, 0.15) is 5.75 Å². The number of carbonyl (C=O) groups is 1. The second-order valence-electron chi connectivity index (χ2n) is 6.06. The van der Waals surface area contributed by atoms with Gasteiger partial charge in [-0.1, -0.05) is 30.0 Å². The van der Waals surface area contributed by atoms with Gasteiger partial charge in [-0.2, -0.15) is 10.6 Å². The molecule has 0 radical (unpaired) electrons. The number of rotatable bonds is 3. The van der Waals surface area contributed by atoms with E-state index in [2.05, 4.69) is 33.3 Å². The van der Waals surface area contributed by atoms with Gasteiger partial charge in [-0.3, -0.25) is 9.48 Å². The zero-order valence-electron chi connectivity index (χ0n) is 14.4. The molecular formula is C19H17N5O3. The second kappa shape index (κ2) is 7.09. The molecule has 1 aromatic heterocycles. The number of para-hydroxylation sites is 1. The number of hydrogen-bond donors (Lipinski definition) is 4. The Morgan fingerprint density at radius 1 is 1.22 bits per heavy atom. The number of aromatic nitrogens is 2. The smallest absolute Gasteiger partial charge is 0.327 e. The highest BCUT2D eigenvalue weighted by Gasteiger charge is 2.34. The van der Waals surface area contributed by atoms with Crippen LogP contribution in [-0.2, 0) is 11.8 Å². The molecule has 0 bridgehead atoms. The van der Waals surface area contributed by atoms with Crippen molar-refractivity contribution in [3.8, 4) is 17.6 Å². The van der Waals surface area contributed by atoms with Crippen LogP contribution in [-0.4, -0.2) is 33.1 Å². The minimum atomic E-state index is -1.02. The molecule has 27 heavy (non-hydrogen) atoms. The largest absolute Gasteiger partial charge is 0.480 e. The summed E-state index contributed by atoms with van der Waals surface area (Å²) in [5.41, 5.74) is 10.5. The molecule has 1 aliphatic heterocycles. The minimum absolute atomic E-state index is 0.523. The first-order valence-corrected chi connectivity index (χ1v) is 8.30. The summed E-state index contributed by atoms with van der Waals surface area (Å²) >= 11 is 0. The molecule has 3 aromatic rings. The number of aryl methyl sites for hydroxylation is 1. The van der Waals surface area contributed by atoms with Crippen molar-refractivity contribution in [2.75, 3.05) is 0 Å². The average Bonchev–Trinajstić information content (AvgIpc) is 3.28. The van der Waals surface area contributed by atoms with Crippen molar-refractivity contribution in [2.24, 2.45) is 7.05 Å². The summed E-state index contributed by atoms with van der Waals surface area (Å²) < 4.78 is 7.52. The molecule has 2 heterocycles. The van der Waals surface area contributed by atoms with Crippen molar-refractivity contribution in [2.45, 2.75) is 12.3 Å². The number of ether oxygens (including phenoxy) is 1. The van der Waals surface area contributed by atoms with Crippen LogP contribution in [0.25, 0.3) is 10.9 Å². The lowest BCUT2D eigenvalue weighted by Gasteiger charge is -2.16. The van der Waals surface area contributed by atoms with Gasteiger partial charge in [0.15, 0.2) is 12.3 Å². The van der Waals surface area contributed by atoms with E-state index in [-0.39, 0.29) is 0 Å². The predicted octanol–water partition coefficient (Wildman–Crippen LogP) is 0.744. The lowest BCUT2D eigenvalue weighted by molar-refractivity contribution is -0.141. The maximum atomic E-state index is 11.2. The van der Waals surface area contributed by atoms with Crippen molar-refractivity contribution in [1.82, 2.24) is 26.2 Å². The Hall–Kier alpha value is -3.38. The number of hydrogen-bond acceptors (Lipinski definition) is 6. The summed E-state index contributed by atoms with van der Waals surface area (Å²) in [7, 11) is 1.89. The van der Waals surface area contributed by atoms with Crippen LogP contribution in [0.5, 0.6) is 5.75 Å². The van der Waals surface area contributed by atoms with Crippen molar-refractivity contribution in [1.29, 1.82) is 0 Å². The van der Waals surface area contributed by atoms with Gasteiger partial charge in [-0.15, -0.1) is 0 Å². The third-order valence-corrected chi connectivity index (χ3v) is 4.21. The molecule has 8 heteroatoms. The van der Waals surface area contributed by atoms with Crippen molar-refractivity contribution < 1.29 is 14.6 Å². The summed E-state index contributed by atoms with van der Waals surface area (Å²) in [5, 5.41) is 14.5. The van der Waals surface area contributed by atoms with Gasteiger partial charge in [0, 0.05) is 18.0 Å². The van der Waals surface area contributed by atoms with Crippen LogP contribution in [0.4, 0.5) is 0 Å². The van der Waals surface area contributed by atoms with E-state index < -0.39 is 18.2 Å². The molecule has 1 fully saturated rings. The summed E-state index contributed by atoms with van der Waals surface area (Å²) in [6.45, 7) is 0. The lowest BCUT2D eigenvalue weighted by atomic mass is 10.1. The van der Waals surface area contributed by atoms with E-state index in [1.165, 1.54) is 0 Å². The standard InChI is InChI=1S/C19H17N5O3/c1-24-17-13(5-3-6-14(17)11-20-24)9-8-12-4-2-7-15(10-12)27-18-16(19(25)26)21-23-22-18/h2-7,10-11,16,18,21-23H,1H3,(H,25,26). The maximum Gasteiger partial charge on any atom is 0.327 e. The Bertz CT molecular complexity index is 1070. The Balaban J connectivity index is 1.58. The monoisotopic (exact) mass is 363 g/mol. The second-order valence-corrected chi connectivity index (χ2v) is 6.06. The molecular weight excluding hydrogens is 346 g/mol. The fourth-order valence-corrected chi connectivity index (χ4v) is 2.91. The first kappa shape index (κ1) is 17.1. The number of nitrogens with zero attached hydrogens (tertiary/aromatic N) is 2. The summed E-state index contributed by atoms with van der Waals surface area (Å²) in [6.07, 6.45) is 1.07. The molecule has 4 N–H and O–H groups in total. The topological polar surface area (TPSA) is 100 Å². The zero-order valence-corrected chi connectivity index (χ0v) is 14.4.